The number of hydrogen-bond donors (Lipinski definition) is 0. The maximum atomic E-state index is 4.85. The van der Waals surface area contributed by atoms with Crippen LogP contribution in [0.5, 0.6) is 0 Å². The standard InChI is InChI=1S/C14H19N3S/c1-14(2,3)17-12(10-6-8-18-9-10)16-11-5-4-7-15-13(11)17/h4-5,7,10H,6,8-9H2,1-3H3. The smallest absolute Gasteiger partial charge is 0.160 e. The molecule has 1 fully saturated rings. The van der Waals surface area contributed by atoms with Crippen LogP contribution in [0.1, 0.15) is 38.9 Å². The van der Waals surface area contributed by atoms with Crippen LogP contribution >= 0.6 is 11.8 Å². The van der Waals surface area contributed by atoms with Crippen molar-refractivity contribution in [3.8, 4) is 0 Å². The zero-order chi connectivity index (χ0) is 12.8. The van der Waals surface area contributed by atoms with E-state index in [1.807, 2.05) is 24.0 Å². The first-order valence-corrected chi connectivity index (χ1v) is 7.64. The van der Waals surface area contributed by atoms with Gasteiger partial charge in [-0.2, -0.15) is 11.8 Å². The molecule has 0 saturated carbocycles. The fourth-order valence-corrected chi connectivity index (χ4v) is 3.82. The molecule has 3 nitrogen and oxygen atoms in total. The van der Waals surface area contributed by atoms with E-state index in [9.17, 15) is 0 Å². The van der Waals surface area contributed by atoms with E-state index in [4.69, 9.17) is 4.98 Å². The van der Waals surface area contributed by atoms with Crippen molar-refractivity contribution in [2.75, 3.05) is 11.5 Å². The topological polar surface area (TPSA) is 30.7 Å². The average molecular weight is 261 g/mol. The van der Waals surface area contributed by atoms with Gasteiger partial charge in [0.1, 0.15) is 11.3 Å². The molecule has 3 rings (SSSR count). The number of aromatic nitrogens is 3. The van der Waals surface area contributed by atoms with Crippen LogP contribution in [0, 0.1) is 0 Å². The number of hydrogen-bond acceptors (Lipinski definition) is 3. The van der Waals surface area contributed by atoms with Gasteiger partial charge in [-0.15, -0.1) is 0 Å². The zero-order valence-electron chi connectivity index (χ0n) is 11.2. The molecule has 96 valence electrons. The van der Waals surface area contributed by atoms with Crippen molar-refractivity contribution in [3.05, 3.63) is 24.2 Å². The first kappa shape index (κ1) is 12.0. The van der Waals surface area contributed by atoms with Crippen molar-refractivity contribution >= 4 is 22.9 Å². The lowest BCUT2D eigenvalue weighted by molar-refractivity contribution is 0.384. The molecule has 18 heavy (non-hydrogen) atoms. The molecule has 1 aliphatic rings. The Bertz CT molecular complexity index is 562. The van der Waals surface area contributed by atoms with Gasteiger partial charge in [0.15, 0.2) is 5.65 Å². The van der Waals surface area contributed by atoms with Crippen molar-refractivity contribution < 1.29 is 0 Å². The molecule has 0 amide bonds. The van der Waals surface area contributed by atoms with E-state index in [1.165, 1.54) is 23.8 Å². The van der Waals surface area contributed by atoms with Gasteiger partial charge in [0.25, 0.3) is 0 Å². The summed E-state index contributed by atoms with van der Waals surface area (Å²) in [5.74, 6) is 4.26. The van der Waals surface area contributed by atoms with Crippen LogP contribution in [0.3, 0.4) is 0 Å². The molecule has 0 N–H and O–H groups in total. The molecule has 4 heteroatoms. The lowest BCUT2D eigenvalue weighted by Crippen LogP contribution is -2.25. The van der Waals surface area contributed by atoms with Crippen LogP contribution in [0.2, 0.25) is 0 Å². The van der Waals surface area contributed by atoms with Crippen LogP contribution in [-0.2, 0) is 5.54 Å². The predicted octanol–water partition coefficient (Wildman–Crippen LogP) is 3.41. The fourth-order valence-electron chi connectivity index (χ4n) is 2.60. The SMILES string of the molecule is CC(C)(C)n1c(C2CCSC2)nc2cccnc21. The first-order valence-electron chi connectivity index (χ1n) is 6.49. The Morgan fingerprint density at radius 3 is 2.89 bits per heavy atom. The lowest BCUT2D eigenvalue weighted by atomic mass is 10.0. The maximum Gasteiger partial charge on any atom is 0.160 e. The highest BCUT2D eigenvalue weighted by atomic mass is 32.2. The fraction of sp³-hybridized carbons (Fsp3) is 0.571. The van der Waals surface area contributed by atoms with Crippen LogP contribution in [0.15, 0.2) is 18.3 Å². The number of pyridine rings is 1. The van der Waals surface area contributed by atoms with E-state index < -0.39 is 0 Å². The third-order valence-electron chi connectivity index (χ3n) is 3.41. The Morgan fingerprint density at radius 1 is 1.39 bits per heavy atom. The second-order valence-corrected chi connectivity index (χ2v) is 7.03. The third kappa shape index (κ3) is 1.92. The number of nitrogens with zero attached hydrogens (tertiary/aromatic N) is 3. The molecule has 1 aliphatic heterocycles. The highest BCUT2D eigenvalue weighted by Gasteiger charge is 2.29. The molecule has 1 saturated heterocycles. The van der Waals surface area contributed by atoms with E-state index in [2.05, 4.69) is 36.4 Å². The normalized spacial score (nSPS) is 20.7. The highest BCUT2D eigenvalue weighted by molar-refractivity contribution is 7.99. The molecule has 1 atom stereocenters. The van der Waals surface area contributed by atoms with Gasteiger partial charge in [-0.1, -0.05) is 0 Å². The molecule has 2 aromatic heterocycles. The average Bonchev–Trinajstić information content (AvgIpc) is 2.94. The minimum atomic E-state index is 0.0334. The van der Waals surface area contributed by atoms with Gasteiger partial charge < -0.3 is 4.57 Å². The number of fused-ring (bicyclic) bond motifs is 1. The van der Waals surface area contributed by atoms with E-state index in [0.29, 0.717) is 5.92 Å². The minimum Gasteiger partial charge on any atom is -0.307 e. The summed E-state index contributed by atoms with van der Waals surface area (Å²) in [6, 6.07) is 4.03. The van der Waals surface area contributed by atoms with Crippen molar-refractivity contribution in [2.24, 2.45) is 0 Å². The van der Waals surface area contributed by atoms with Gasteiger partial charge in [0.05, 0.1) is 0 Å². The molecular weight excluding hydrogens is 242 g/mol. The molecular formula is C14H19N3S. The Labute approximate surface area is 112 Å². The van der Waals surface area contributed by atoms with Crippen LogP contribution in [0.4, 0.5) is 0 Å². The van der Waals surface area contributed by atoms with E-state index in [-0.39, 0.29) is 5.54 Å². The molecule has 0 aromatic carbocycles. The van der Waals surface area contributed by atoms with Crippen LogP contribution in [0.25, 0.3) is 11.2 Å². The van der Waals surface area contributed by atoms with Gasteiger partial charge in [-0.25, -0.2) is 9.97 Å². The molecule has 0 spiro atoms. The van der Waals surface area contributed by atoms with E-state index >= 15 is 0 Å². The molecule has 2 aromatic rings. The molecule has 0 bridgehead atoms. The Morgan fingerprint density at radius 2 is 2.22 bits per heavy atom. The summed E-state index contributed by atoms with van der Waals surface area (Å²) in [7, 11) is 0. The summed E-state index contributed by atoms with van der Waals surface area (Å²) in [6.45, 7) is 6.69. The molecule has 1 unspecified atom stereocenters. The first-order chi connectivity index (χ1) is 8.57. The molecule has 0 aliphatic carbocycles. The van der Waals surface area contributed by atoms with Crippen molar-refractivity contribution in [3.63, 3.8) is 0 Å². The zero-order valence-corrected chi connectivity index (χ0v) is 12.0. The minimum absolute atomic E-state index is 0.0334. The summed E-state index contributed by atoms with van der Waals surface area (Å²) in [4.78, 5) is 9.38. The van der Waals surface area contributed by atoms with Gasteiger partial charge in [0, 0.05) is 23.4 Å². The van der Waals surface area contributed by atoms with Crippen LogP contribution < -0.4 is 0 Å². The molecule has 0 radical (unpaired) electrons. The summed E-state index contributed by atoms with van der Waals surface area (Å²) in [6.07, 6.45) is 3.10. The summed E-state index contributed by atoms with van der Waals surface area (Å²) in [5, 5.41) is 0. The Balaban J connectivity index is 2.23. The van der Waals surface area contributed by atoms with Crippen LogP contribution in [-0.4, -0.2) is 26.0 Å². The summed E-state index contributed by atoms with van der Waals surface area (Å²) >= 11 is 2.03. The van der Waals surface area contributed by atoms with E-state index in [0.717, 1.165) is 11.2 Å². The molecule has 3 heterocycles. The van der Waals surface area contributed by atoms with Gasteiger partial charge in [-0.3, -0.25) is 0 Å². The van der Waals surface area contributed by atoms with Crippen molar-refractivity contribution in [1.29, 1.82) is 0 Å². The Kier molecular flexibility index (Phi) is 2.85. The second kappa shape index (κ2) is 4.26. The summed E-state index contributed by atoms with van der Waals surface area (Å²) < 4.78 is 2.33. The number of thioether (sulfide) groups is 1. The lowest BCUT2D eigenvalue weighted by Gasteiger charge is -2.25. The highest BCUT2D eigenvalue weighted by Crippen LogP contribution is 2.35. The number of imidazole rings is 1. The third-order valence-corrected chi connectivity index (χ3v) is 4.57. The van der Waals surface area contributed by atoms with Gasteiger partial charge in [-0.05, 0) is 45.1 Å². The van der Waals surface area contributed by atoms with Gasteiger partial charge >= 0.3 is 0 Å². The monoisotopic (exact) mass is 261 g/mol. The quantitative estimate of drug-likeness (QED) is 0.788. The van der Waals surface area contributed by atoms with Gasteiger partial charge in [0.2, 0.25) is 0 Å². The van der Waals surface area contributed by atoms with Crippen molar-refractivity contribution in [1.82, 2.24) is 14.5 Å². The second-order valence-electron chi connectivity index (χ2n) is 5.88. The number of rotatable bonds is 1. The Hall–Kier alpha value is -1.03. The van der Waals surface area contributed by atoms with E-state index in [1.54, 1.807) is 0 Å². The summed E-state index contributed by atoms with van der Waals surface area (Å²) in [5.41, 5.74) is 2.09. The van der Waals surface area contributed by atoms with Crippen molar-refractivity contribution in [2.45, 2.75) is 38.6 Å². The maximum absolute atomic E-state index is 4.85. The largest absolute Gasteiger partial charge is 0.307 e. The predicted molar refractivity (Wildman–Crippen MR) is 77.2 cm³/mol.